The maximum Gasteiger partial charge on any atom is 0.194 e. The fourth-order valence-corrected chi connectivity index (χ4v) is 3.85. The number of aliphatic imine (C=N–C) groups is 1. The fraction of sp³-hybridized carbons (Fsp3) is 0.435. The van der Waals surface area contributed by atoms with E-state index in [0.717, 1.165) is 69.7 Å². The van der Waals surface area contributed by atoms with Crippen LogP contribution in [0.2, 0.25) is 0 Å². The lowest BCUT2D eigenvalue weighted by Gasteiger charge is -2.36. The number of nitrogens with one attached hydrogen (secondary N) is 1. The normalized spacial score (nSPS) is 14.9. The van der Waals surface area contributed by atoms with Crippen LogP contribution < -0.4 is 5.32 Å². The summed E-state index contributed by atoms with van der Waals surface area (Å²) in [5.41, 5.74) is 2.27. The SMILES string of the molecule is CCNC(=NCCc1nccn1Cc1ccccc1)N1CCN(Cc2ccon2)CC1.I. The minimum absolute atomic E-state index is 0. The highest BCUT2D eigenvalue weighted by Gasteiger charge is 2.20. The van der Waals surface area contributed by atoms with Gasteiger partial charge in [0.15, 0.2) is 5.96 Å². The van der Waals surface area contributed by atoms with Gasteiger partial charge in [-0.15, -0.1) is 24.0 Å². The molecule has 1 aliphatic heterocycles. The molecule has 32 heavy (non-hydrogen) atoms. The third-order valence-electron chi connectivity index (χ3n) is 5.48. The van der Waals surface area contributed by atoms with E-state index in [1.165, 1.54) is 5.56 Å². The van der Waals surface area contributed by atoms with Gasteiger partial charge in [0.05, 0.1) is 5.69 Å². The summed E-state index contributed by atoms with van der Waals surface area (Å²) in [7, 11) is 0. The molecule has 1 fully saturated rings. The van der Waals surface area contributed by atoms with Gasteiger partial charge in [-0.2, -0.15) is 0 Å². The lowest BCUT2D eigenvalue weighted by Crippen LogP contribution is -2.52. The van der Waals surface area contributed by atoms with Gasteiger partial charge in [0.1, 0.15) is 12.1 Å². The van der Waals surface area contributed by atoms with Crippen LogP contribution in [-0.2, 0) is 19.5 Å². The number of halogens is 1. The zero-order valence-corrected chi connectivity index (χ0v) is 20.9. The van der Waals surface area contributed by atoms with Crippen molar-refractivity contribution < 1.29 is 4.52 Å². The van der Waals surface area contributed by atoms with E-state index in [-0.39, 0.29) is 24.0 Å². The topological polar surface area (TPSA) is 74.7 Å². The monoisotopic (exact) mass is 549 g/mol. The summed E-state index contributed by atoms with van der Waals surface area (Å²) < 4.78 is 7.15. The molecular weight excluding hydrogens is 517 g/mol. The smallest absolute Gasteiger partial charge is 0.194 e. The Balaban J connectivity index is 0.00000289. The number of hydrogen-bond donors (Lipinski definition) is 1. The largest absolute Gasteiger partial charge is 0.364 e. The van der Waals surface area contributed by atoms with Crippen molar-refractivity contribution in [1.29, 1.82) is 0 Å². The van der Waals surface area contributed by atoms with Gasteiger partial charge in [-0.3, -0.25) is 9.89 Å². The second-order valence-electron chi connectivity index (χ2n) is 7.70. The van der Waals surface area contributed by atoms with Crippen LogP contribution in [0.15, 0.2) is 64.6 Å². The third-order valence-corrected chi connectivity index (χ3v) is 5.48. The molecule has 0 saturated carbocycles. The van der Waals surface area contributed by atoms with Gasteiger partial charge in [-0.1, -0.05) is 35.5 Å². The number of guanidine groups is 1. The van der Waals surface area contributed by atoms with Gasteiger partial charge in [0.2, 0.25) is 0 Å². The van der Waals surface area contributed by atoms with Crippen molar-refractivity contribution in [3.8, 4) is 0 Å². The standard InChI is InChI=1S/C23H31N7O.HI/c1-2-24-23(29-15-13-28(14-16-29)19-21-9-17-31-27-21)26-10-8-22-25-11-12-30(22)18-20-6-4-3-5-7-20;/h3-7,9,11-12,17H,2,8,10,13-16,18-19H2,1H3,(H,24,26);1H. The lowest BCUT2D eigenvalue weighted by molar-refractivity contribution is 0.169. The number of nitrogens with zero attached hydrogens (tertiary/aromatic N) is 6. The Labute approximate surface area is 206 Å². The number of rotatable bonds is 8. The molecule has 3 aromatic rings. The second kappa shape index (κ2) is 12.6. The number of benzene rings is 1. The van der Waals surface area contributed by atoms with Crippen LogP contribution in [0.3, 0.4) is 0 Å². The number of imidazole rings is 1. The van der Waals surface area contributed by atoms with Crippen LogP contribution >= 0.6 is 24.0 Å². The van der Waals surface area contributed by atoms with E-state index in [2.05, 4.69) is 61.0 Å². The molecule has 0 aliphatic carbocycles. The first-order chi connectivity index (χ1) is 15.3. The summed E-state index contributed by atoms with van der Waals surface area (Å²) in [5, 5.41) is 7.47. The first-order valence-electron chi connectivity index (χ1n) is 11.0. The Morgan fingerprint density at radius 3 is 2.62 bits per heavy atom. The number of piperazine rings is 1. The molecule has 0 atom stereocenters. The van der Waals surface area contributed by atoms with Crippen LogP contribution in [0.5, 0.6) is 0 Å². The Bertz CT molecular complexity index is 934. The van der Waals surface area contributed by atoms with Crippen molar-refractivity contribution in [2.24, 2.45) is 4.99 Å². The van der Waals surface area contributed by atoms with Crippen LogP contribution in [0, 0.1) is 0 Å². The Hall–Kier alpha value is -2.40. The second-order valence-corrected chi connectivity index (χ2v) is 7.70. The third kappa shape index (κ3) is 6.80. The average Bonchev–Trinajstić information content (AvgIpc) is 3.47. The van der Waals surface area contributed by atoms with Crippen LogP contribution in [0.4, 0.5) is 0 Å². The molecule has 1 N–H and O–H groups in total. The highest BCUT2D eigenvalue weighted by Crippen LogP contribution is 2.09. The molecule has 4 rings (SSSR count). The van der Waals surface area contributed by atoms with Crippen molar-refractivity contribution in [2.75, 3.05) is 39.3 Å². The maximum atomic E-state index is 4.94. The average molecular weight is 549 g/mol. The molecule has 1 saturated heterocycles. The molecule has 9 heteroatoms. The van der Waals surface area contributed by atoms with Crippen molar-refractivity contribution in [3.05, 3.63) is 72.1 Å². The Morgan fingerprint density at radius 2 is 1.91 bits per heavy atom. The quantitative estimate of drug-likeness (QED) is 0.265. The van der Waals surface area contributed by atoms with Crippen LogP contribution in [0.25, 0.3) is 0 Å². The molecule has 3 heterocycles. The van der Waals surface area contributed by atoms with Gasteiger partial charge in [0.25, 0.3) is 0 Å². The van der Waals surface area contributed by atoms with Crippen LogP contribution in [-0.4, -0.2) is 69.7 Å². The van der Waals surface area contributed by atoms with E-state index in [1.807, 2.05) is 24.5 Å². The number of hydrogen-bond acceptors (Lipinski definition) is 5. The first-order valence-corrected chi connectivity index (χ1v) is 11.0. The molecule has 0 bridgehead atoms. The van der Waals surface area contributed by atoms with E-state index >= 15 is 0 Å². The summed E-state index contributed by atoms with van der Waals surface area (Å²) in [4.78, 5) is 14.2. The van der Waals surface area contributed by atoms with E-state index in [1.54, 1.807) is 6.26 Å². The maximum absolute atomic E-state index is 4.94. The van der Waals surface area contributed by atoms with Crippen molar-refractivity contribution >= 4 is 29.9 Å². The minimum Gasteiger partial charge on any atom is -0.364 e. The fourth-order valence-electron chi connectivity index (χ4n) is 3.85. The summed E-state index contributed by atoms with van der Waals surface area (Å²) >= 11 is 0. The van der Waals surface area contributed by atoms with E-state index < -0.39 is 0 Å². The zero-order valence-electron chi connectivity index (χ0n) is 18.6. The predicted octanol–water partition coefficient (Wildman–Crippen LogP) is 2.86. The molecule has 0 amide bonds. The highest BCUT2D eigenvalue weighted by atomic mass is 127. The molecule has 1 aromatic carbocycles. The summed E-state index contributed by atoms with van der Waals surface area (Å²) in [6.07, 6.45) is 6.38. The molecule has 2 aromatic heterocycles. The van der Waals surface area contributed by atoms with Crippen molar-refractivity contribution in [2.45, 2.75) is 26.4 Å². The first kappa shape index (κ1) is 24.2. The molecule has 0 spiro atoms. The van der Waals surface area contributed by atoms with E-state index in [9.17, 15) is 0 Å². The molecular formula is C23H32IN7O. The zero-order chi connectivity index (χ0) is 21.3. The van der Waals surface area contributed by atoms with Gasteiger partial charge in [-0.25, -0.2) is 4.98 Å². The van der Waals surface area contributed by atoms with Crippen molar-refractivity contribution in [1.82, 2.24) is 29.8 Å². The molecule has 172 valence electrons. The van der Waals surface area contributed by atoms with Gasteiger partial charge in [0, 0.05) is 77.2 Å². The number of aromatic nitrogens is 3. The molecule has 1 aliphatic rings. The van der Waals surface area contributed by atoms with Crippen molar-refractivity contribution in [3.63, 3.8) is 0 Å². The van der Waals surface area contributed by atoms with Crippen LogP contribution in [0.1, 0.15) is 24.0 Å². The van der Waals surface area contributed by atoms with Gasteiger partial charge >= 0.3 is 0 Å². The predicted molar refractivity (Wildman–Crippen MR) is 136 cm³/mol. The molecule has 0 radical (unpaired) electrons. The molecule has 8 nitrogen and oxygen atoms in total. The summed E-state index contributed by atoms with van der Waals surface area (Å²) in [6, 6.07) is 12.4. The highest BCUT2D eigenvalue weighted by molar-refractivity contribution is 14.0. The lowest BCUT2D eigenvalue weighted by atomic mass is 10.2. The molecule has 0 unspecified atom stereocenters. The van der Waals surface area contributed by atoms with E-state index in [4.69, 9.17) is 9.52 Å². The van der Waals surface area contributed by atoms with E-state index in [0.29, 0.717) is 6.54 Å². The Kier molecular flexibility index (Phi) is 9.54. The summed E-state index contributed by atoms with van der Waals surface area (Å²) in [5.74, 6) is 2.06. The van der Waals surface area contributed by atoms with Gasteiger partial charge in [-0.05, 0) is 12.5 Å². The minimum atomic E-state index is 0. The van der Waals surface area contributed by atoms with Gasteiger partial charge < -0.3 is 19.3 Å². The summed E-state index contributed by atoms with van der Waals surface area (Å²) in [6.45, 7) is 9.24. The Morgan fingerprint density at radius 1 is 1.09 bits per heavy atom.